The zero-order chi connectivity index (χ0) is 4.12. The van der Waals surface area contributed by atoms with Crippen LogP contribution in [0.5, 0.6) is 0 Å². The van der Waals surface area contributed by atoms with Gasteiger partial charge in [-0.3, -0.25) is 5.41 Å². The topological polar surface area (TPSA) is 42.3 Å². The van der Waals surface area contributed by atoms with Crippen LogP contribution in [0.1, 0.15) is 0 Å². The molecule has 0 bridgehead atoms. The Hall–Kier alpha value is -0.140. The van der Waals surface area contributed by atoms with Gasteiger partial charge in [0.1, 0.15) is 0 Å². The first kappa shape index (κ1) is 4.86. The van der Waals surface area contributed by atoms with Crippen molar-refractivity contribution in [2.75, 3.05) is 0 Å². The number of rotatable bonds is 2. The van der Waals surface area contributed by atoms with Crippen molar-refractivity contribution in [3.63, 3.8) is 0 Å². The molecular formula is CH4NO2P. The molecule has 0 aromatic rings. The van der Waals surface area contributed by atoms with E-state index < -0.39 is 0 Å². The first-order valence-electron chi connectivity index (χ1n) is 0.927. The summed E-state index contributed by atoms with van der Waals surface area (Å²) in [4.78, 5) is 3.84. The van der Waals surface area contributed by atoms with E-state index in [0.717, 1.165) is 0 Å². The SMILES string of the molecule is N=COOP. The molecule has 30 valence electrons. The van der Waals surface area contributed by atoms with Crippen molar-refractivity contribution >= 4 is 15.9 Å². The van der Waals surface area contributed by atoms with Crippen molar-refractivity contribution in [3.05, 3.63) is 0 Å². The zero-order valence-corrected chi connectivity index (χ0v) is 3.63. The Morgan fingerprint density at radius 1 is 1.80 bits per heavy atom. The van der Waals surface area contributed by atoms with Crippen LogP contribution in [0.3, 0.4) is 0 Å². The molecule has 0 rings (SSSR count). The fourth-order valence-electron chi connectivity index (χ4n) is 0.0278. The Morgan fingerprint density at radius 2 is 2.40 bits per heavy atom. The molecule has 1 atom stereocenters. The molecule has 0 saturated carbocycles. The minimum absolute atomic E-state index is 0.688. The van der Waals surface area contributed by atoms with E-state index in [1.165, 1.54) is 0 Å². The summed E-state index contributed by atoms with van der Waals surface area (Å²) in [7, 11) is 1.83. The van der Waals surface area contributed by atoms with Gasteiger partial charge in [0.05, 0.1) is 9.47 Å². The standard InChI is InChI=1S/CH4NO2P/c2-1-3-4-5/h1-2H,5H2. The Bertz CT molecular complexity index is 30.8. The van der Waals surface area contributed by atoms with E-state index in [-0.39, 0.29) is 0 Å². The minimum atomic E-state index is 0.688. The summed E-state index contributed by atoms with van der Waals surface area (Å²) in [6.45, 7) is 0. The first-order chi connectivity index (χ1) is 2.41. The lowest BCUT2D eigenvalue weighted by molar-refractivity contribution is -0.0901. The molecule has 3 nitrogen and oxygen atoms in total. The fourth-order valence-corrected chi connectivity index (χ4v) is 0.0833. The average molecular weight is 93.0 g/mol. The molecule has 0 radical (unpaired) electrons. The molecule has 0 aromatic carbocycles. The fraction of sp³-hybridized carbons (Fsp3) is 0. The molecule has 5 heavy (non-hydrogen) atoms. The van der Waals surface area contributed by atoms with Crippen LogP contribution in [0, 0.1) is 5.41 Å². The van der Waals surface area contributed by atoms with E-state index in [0.29, 0.717) is 6.40 Å². The summed E-state index contributed by atoms with van der Waals surface area (Å²) in [5, 5.41) is 6.12. The number of hydrogen-bond donors (Lipinski definition) is 1. The molecule has 0 saturated heterocycles. The average Bonchev–Trinajstić information content (AvgIpc) is 1.41. The molecule has 0 aliphatic rings. The minimum Gasteiger partial charge on any atom is -0.323 e. The summed E-state index contributed by atoms with van der Waals surface area (Å²) in [5.74, 6) is 0. The highest BCUT2D eigenvalue weighted by Gasteiger charge is 1.56. The second-order valence-corrected chi connectivity index (χ2v) is 0.503. The molecule has 1 N–H and O–H groups in total. The third-order valence-electron chi connectivity index (χ3n) is 0.104. The molecule has 4 heteroatoms. The van der Waals surface area contributed by atoms with Gasteiger partial charge in [0, 0.05) is 0 Å². The lowest BCUT2D eigenvalue weighted by atomic mass is 11.6. The normalized spacial score (nSPS) is 6.60. The van der Waals surface area contributed by atoms with Crippen LogP contribution < -0.4 is 0 Å². The quantitative estimate of drug-likeness (QED) is 0.176. The van der Waals surface area contributed by atoms with Gasteiger partial charge < -0.3 is 4.89 Å². The van der Waals surface area contributed by atoms with E-state index >= 15 is 0 Å². The van der Waals surface area contributed by atoms with Crippen molar-refractivity contribution < 1.29 is 9.56 Å². The van der Waals surface area contributed by atoms with Crippen LogP contribution >= 0.6 is 9.47 Å². The van der Waals surface area contributed by atoms with Crippen LogP contribution in [0.25, 0.3) is 0 Å². The molecule has 0 heterocycles. The second-order valence-electron chi connectivity index (χ2n) is 0.310. The molecule has 1 unspecified atom stereocenters. The molecule has 0 spiro atoms. The Kier molecular flexibility index (Phi) is 3.75. The molecule has 0 amide bonds. The van der Waals surface area contributed by atoms with Gasteiger partial charge in [-0.2, -0.15) is 4.67 Å². The van der Waals surface area contributed by atoms with Crippen LogP contribution in [0.4, 0.5) is 0 Å². The maximum absolute atomic E-state index is 6.12. The van der Waals surface area contributed by atoms with Crippen molar-refractivity contribution in [3.8, 4) is 0 Å². The van der Waals surface area contributed by atoms with Crippen molar-refractivity contribution in [2.45, 2.75) is 0 Å². The van der Waals surface area contributed by atoms with Crippen molar-refractivity contribution in [1.29, 1.82) is 5.41 Å². The van der Waals surface area contributed by atoms with Crippen LogP contribution in [-0.4, -0.2) is 6.40 Å². The lowest BCUT2D eigenvalue weighted by Gasteiger charge is -1.81. The highest BCUT2D eigenvalue weighted by Crippen LogP contribution is 1.79. The van der Waals surface area contributed by atoms with Gasteiger partial charge in [0.25, 0.3) is 0 Å². The van der Waals surface area contributed by atoms with Gasteiger partial charge >= 0.3 is 0 Å². The second kappa shape index (κ2) is 3.86. The molecule has 0 aromatic heterocycles. The van der Waals surface area contributed by atoms with Gasteiger partial charge in [-0.25, -0.2) is 0 Å². The molecule has 0 aliphatic heterocycles. The van der Waals surface area contributed by atoms with E-state index in [1.54, 1.807) is 0 Å². The van der Waals surface area contributed by atoms with Crippen molar-refractivity contribution in [1.82, 2.24) is 0 Å². The van der Waals surface area contributed by atoms with E-state index in [2.05, 4.69) is 9.56 Å². The van der Waals surface area contributed by atoms with Gasteiger partial charge in [-0.15, -0.1) is 0 Å². The monoisotopic (exact) mass is 93.0 g/mol. The maximum Gasteiger partial charge on any atom is 0.212 e. The highest BCUT2D eigenvalue weighted by atomic mass is 31.0. The van der Waals surface area contributed by atoms with Gasteiger partial charge in [-0.1, -0.05) is 0 Å². The third-order valence-corrected chi connectivity index (χ3v) is 0.215. The lowest BCUT2D eigenvalue weighted by Crippen LogP contribution is -1.72. The first-order valence-corrected chi connectivity index (χ1v) is 1.40. The number of hydrogen-bond acceptors (Lipinski definition) is 3. The summed E-state index contributed by atoms with van der Waals surface area (Å²) < 4.78 is 3.86. The Morgan fingerprint density at radius 3 is 2.40 bits per heavy atom. The Balaban J connectivity index is 2.40. The summed E-state index contributed by atoms with van der Waals surface area (Å²) in [5.41, 5.74) is 0. The smallest absolute Gasteiger partial charge is 0.212 e. The van der Waals surface area contributed by atoms with Crippen LogP contribution in [0.2, 0.25) is 0 Å². The maximum atomic E-state index is 6.12. The summed E-state index contributed by atoms with van der Waals surface area (Å²) in [6, 6.07) is 0. The van der Waals surface area contributed by atoms with E-state index in [1.807, 2.05) is 9.47 Å². The predicted octanol–water partition coefficient (Wildman–Crippen LogP) is 0.332. The van der Waals surface area contributed by atoms with Gasteiger partial charge in [0.15, 0.2) is 0 Å². The van der Waals surface area contributed by atoms with Crippen molar-refractivity contribution in [2.24, 2.45) is 0 Å². The predicted molar refractivity (Wildman–Crippen MR) is 20.7 cm³/mol. The third kappa shape index (κ3) is 3.86. The molecule has 0 fully saturated rings. The van der Waals surface area contributed by atoms with E-state index in [4.69, 9.17) is 5.41 Å². The summed E-state index contributed by atoms with van der Waals surface area (Å²) >= 11 is 0. The zero-order valence-electron chi connectivity index (χ0n) is 2.47. The van der Waals surface area contributed by atoms with E-state index in [9.17, 15) is 0 Å². The van der Waals surface area contributed by atoms with Gasteiger partial charge in [0.2, 0.25) is 6.40 Å². The number of nitrogens with one attached hydrogen (secondary N) is 1. The van der Waals surface area contributed by atoms with Gasteiger partial charge in [-0.05, 0) is 0 Å². The molecular weight excluding hydrogens is 89.0 g/mol. The Labute approximate surface area is 32.0 Å². The van der Waals surface area contributed by atoms with Crippen LogP contribution in [0.15, 0.2) is 0 Å². The highest BCUT2D eigenvalue weighted by molar-refractivity contribution is 7.09. The molecule has 0 aliphatic carbocycles. The van der Waals surface area contributed by atoms with Crippen LogP contribution in [-0.2, 0) is 9.56 Å². The largest absolute Gasteiger partial charge is 0.323 e. The summed E-state index contributed by atoms with van der Waals surface area (Å²) in [6.07, 6.45) is 0.688.